The molecule has 0 saturated heterocycles. The lowest BCUT2D eigenvalue weighted by atomic mass is 9.91. The second-order valence-electron chi connectivity index (χ2n) is 15.9. The number of fused-ring (bicyclic) bond motifs is 14. The van der Waals surface area contributed by atoms with Crippen LogP contribution in [0.3, 0.4) is 0 Å². The van der Waals surface area contributed by atoms with Crippen LogP contribution in [0.4, 0.5) is 0 Å². The van der Waals surface area contributed by atoms with Gasteiger partial charge >= 0.3 is 21.0 Å². The van der Waals surface area contributed by atoms with Crippen molar-refractivity contribution in [3.8, 4) is 45.3 Å². The Balaban J connectivity index is 1.07. The molecule has 2 heterocycles. The maximum Gasteiger partial charge on any atom is 0.966 e. The van der Waals surface area contributed by atoms with Crippen molar-refractivity contribution in [2.75, 3.05) is 13.2 Å². The average molecular weight is 849 g/mol. The molecule has 0 unspecified atom stereocenters. The Morgan fingerprint density at radius 1 is 0.444 bits per heavy atom. The molecule has 0 aromatic heterocycles. The second-order valence-corrected chi connectivity index (χ2v) is 17.7. The van der Waals surface area contributed by atoms with Gasteiger partial charge in [-0.15, -0.1) is 0 Å². The fourth-order valence-electron chi connectivity index (χ4n) is 8.89. The van der Waals surface area contributed by atoms with Gasteiger partial charge in [0.25, 0.3) is 0 Å². The zero-order valence-corrected chi connectivity index (χ0v) is 35.7. The number of hydrogen-bond acceptors (Lipinski definition) is 8. The summed E-state index contributed by atoms with van der Waals surface area (Å²) in [5.41, 5.74) is 6.02. The second kappa shape index (κ2) is 16.8. The van der Waals surface area contributed by atoms with Crippen LogP contribution in [0.2, 0.25) is 0 Å². The summed E-state index contributed by atoms with van der Waals surface area (Å²) in [6, 6.07) is 46.1. The van der Waals surface area contributed by atoms with E-state index >= 15 is 0 Å². The summed E-state index contributed by atoms with van der Waals surface area (Å²) in [6.07, 6.45) is 7.33. The summed E-state index contributed by atoms with van der Waals surface area (Å²) >= 11 is 0. The van der Waals surface area contributed by atoms with Crippen molar-refractivity contribution in [3.63, 3.8) is 0 Å². The Labute approximate surface area is 366 Å². The Morgan fingerprint density at radius 2 is 0.810 bits per heavy atom. The average Bonchev–Trinajstić information content (AvgIpc) is 3.55. The number of carbonyl (C=O) groups is 2. The van der Waals surface area contributed by atoms with Gasteiger partial charge in [-0.1, -0.05) is 122 Å². The predicted octanol–water partition coefficient (Wildman–Crippen LogP) is 12.4. The number of ether oxygens (including phenoxy) is 2. The van der Waals surface area contributed by atoms with Gasteiger partial charge in [0.15, 0.2) is 0 Å². The van der Waals surface area contributed by atoms with Crippen molar-refractivity contribution in [2.45, 2.75) is 38.5 Å². The number of benzene rings is 8. The molecule has 10 rings (SSSR count). The highest BCUT2D eigenvalue weighted by Crippen LogP contribution is 2.53. The molecule has 2 aliphatic heterocycles. The van der Waals surface area contributed by atoms with Crippen molar-refractivity contribution in [1.29, 1.82) is 0 Å². The summed E-state index contributed by atoms with van der Waals surface area (Å²) < 4.78 is 39.1. The first-order valence-electron chi connectivity index (χ1n) is 21.4. The van der Waals surface area contributed by atoms with E-state index in [-0.39, 0.29) is 0 Å². The molecular formula is C54H44O8Si. The Kier molecular flexibility index (Phi) is 10.6. The third-order valence-corrected chi connectivity index (χ3v) is 13.7. The summed E-state index contributed by atoms with van der Waals surface area (Å²) in [6.45, 7) is 7.68. The maximum atomic E-state index is 11.5. The molecule has 1 spiro atoms. The lowest BCUT2D eigenvalue weighted by Crippen LogP contribution is -2.60. The summed E-state index contributed by atoms with van der Waals surface area (Å²) in [7, 11) is -4.20. The van der Waals surface area contributed by atoms with E-state index in [4.69, 9.17) is 27.2 Å². The Morgan fingerprint density at radius 3 is 1.21 bits per heavy atom. The summed E-state index contributed by atoms with van der Waals surface area (Å²) in [5, 5.41) is 8.36. The van der Waals surface area contributed by atoms with Gasteiger partial charge in [0.05, 0.1) is 13.2 Å². The molecule has 0 radical (unpaired) electrons. The van der Waals surface area contributed by atoms with E-state index in [0.29, 0.717) is 36.2 Å². The number of hydrogen-bond donors (Lipinski definition) is 0. The maximum absolute atomic E-state index is 11.5. The van der Waals surface area contributed by atoms with Gasteiger partial charge < -0.3 is 27.2 Å². The van der Waals surface area contributed by atoms with Crippen LogP contribution in [0.25, 0.3) is 65.3 Å². The van der Waals surface area contributed by atoms with Crippen LogP contribution < -0.4 is 17.7 Å². The van der Waals surface area contributed by atoms with Crippen LogP contribution in [-0.2, 0) is 31.9 Å². The monoisotopic (exact) mass is 848 g/mol. The van der Waals surface area contributed by atoms with Gasteiger partial charge in [0.1, 0.15) is 23.0 Å². The van der Waals surface area contributed by atoms with E-state index in [1.165, 1.54) is 23.3 Å². The summed E-state index contributed by atoms with van der Waals surface area (Å²) in [4.78, 5) is 23.0. The van der Waals surface area contributed by atoms with Gasteiger partial charge in [-0.3, -0.25) is 0 Å². The molecule has 8 aromatic rings. The molecular weight excluding hydrogens is 805 g/mol. The summed E-state index contributed by atoms with van der Waals surface area (Å²) in [5.74, 6) is 1.64. The quantitative estimate of drug-likeness (QED) is 0.0520. The molecule has 0 aliphatic carbocycles. The van der Waals surface area contributed by atoms with Crippen molar-refractivity contribution in [2.24, 2.45) is 0 Å². The van der Waals surface area contributed by atoms with E-state index in [1.807, 2.05) is 48.5 Å². The molecule has 0 atom stereocenters. The van der Waals surface area contributed by atoms with Crippen LogP contribution in [0.15, 0.2) is 159 Å². The highest BCUT2D eigenvalue weighted by molar-refractivity contribution is 6.58. The van der Waals surface area contributed by atoms with Crippen molar-refractivity contribution in [1.82, 2.24) is 0 Å². The van der Waals surface area contributed by atoms with Crippen molar-refractivity contribution in [3.05, 3.63) is 170 Å². The van der Waals surface area contributed by atoms with Crippen LogP contribution in [-0.4, -0.2) is 34.2 Å². The minimum absolute atomic E-state index is 0.366. The molecule has 0 amide bonds. The van der Waals surface area contributed by atoms with E-state index in [2.05, 4.69) is 98.1 Å². The van der Waals surface area contributed by atoms with Gasteiger partial charge in [-0.25, -0.2) is 9.59 Å². The number of carbonyl (C=O) groups excluding carboxylic acids is 2. The van der Waals surface area contributed by atoms with Gasteiger partial charge in [-0.05, 0) is 117 Å². The highest BCUT2D eigenvalue weighted by atomic mass is 28.4. The number of rotatable bonds is 12. The number of unbranched alkanes of at least 4 members (excludes halogenated alkanes) is 2. The largest absolute Gasteiger partial charge is 0.966 e. The third kappa shape index (κ3) is 7.65. The molecule has 0 bridgehead atoms. The SMILES string of the molecule is C=CC(=O)OCCCCc1ccc2c3c(ccc2c1)O[Si]1(Oc2ccc4ccccc4c2-3)Oc2ccc3ccccc3c2-c2c(ccc3cc(CCCCOC(=O)C=C)ccc23)O1. The van der Waals surface area contributed by atoms with Crippen LogP contribution in [0, 0.1) is 0 Å². The molecule has 0 saturated carbocycles. The van der Waals surface area contributed by atoms with E-state index in [0.717, 1.165) is 104 Å². The third-order valence-electron chi connectivity index (χ3n) is 11.9. The first-order valence-corrected chi connectivity index (χ1v) is 23.0. The van der Waals surface area contributed by atoms with Gasteiger partial charge in [0, 0.05) is 34.4 Å². The smallest absolute Gasteiger partial charge is 0.463 e. The lowest BCUT2D eigenvalue weighted by molar-refractivity contribution is -0.138. The van der Waals surface area contributed by atoms with E-state index in [1.54, 1.807) is 0 Å². The molecule has 8 nitrogen and oxygen atoms in total. The lowest BCUT2D eigenvalue weighted by Gasteiger charge is -2.26. The minimum Gasteiger partial charge on any atom is -0.463 e. The molecule has 0 N–H and O–H groups in total. The highest BCUT2D eigenvalue weighted by Gasteiger charge is 2.62. The van der Waals surface area contributed by atoms with Gasteiger partial charge in [0.2, 0.25) is 0 Å². The van der Waals surface area contributed by atoms with Crippen LogP contribution >= 0.6 is 0 Å². The molecule has 63 heavy (non-hydrogen) atoms. The van der Waals surface area contributed by atoms with Crippen LogP contribution in [0.1, 0.15) is 36.8 Å². The fraction of sp³-hybridized carbons (Fsp3) is 0.148. The zero-order valence-electron chi connectivity index (χ0n) is 34.7. The molecule has 0 fully saturated rings. The Bertz CT molecular complexity index is 2920. The Hall–Kier alpha value is -7.36. The predicted molar refractivity (Wildman–Crippen MR) is 250 cm³/mol. The first kappa shape index (κ1) is 39.8. The van der Waals surface area contributed by atoms with Crippen molar-refractivity contribution < 1.29 is 36.8 Å². The topological polar surface area (TPSA) is 89.5 Å². The van der Waals surface area contributed by atoms with E-state index < -0.39 is 21.0 Å². The molecule has 8 aromatic carbocycles. The number of esters is 2. The van der Waals surface area contributed by atoms with E-state index in [9.17, 15) is 9.59 Å². The molecule has 2 aliphatic rings. The standard InChI is InChI=1S/C54H44O8Si/c1-3-49(55)57-31-11-9-13-35-19-25-43-39(33-35)23-29-47-53(43)51-41-17-7-5-15-37(41)21-27-45(51)59-63(61-47)60-46-28-22-38-16-6-8-18-42(38)52(46)54-44-26-20-36(14-10-12-32-58-50(56)4-2)34-40(44)24-30-48(54)62-63/h3-8,15-30,33-34H,1-2,9-14,31-32H2. The zero-order chi connectivity index (χ0) is 42.9. The van der Waals surface area contributed by atoms with Crippen LogP contribution in [0.5, 0.6) is 23.0 Å². The minimum atomic E-state index is -4.20. The number of aryl methyl sites for hydroxylation is 2. The molecule has 312 valence electrons. The van der Waals surface area contributed by atoms with Gasteiger partial charge in [-0.2, -0.15) is 0 Å². The fourth-order valence-corrected chi connectivity index (χ4v) is 10.9. The van der Waals surface area contributed by atoms with Crippen molar-refractivity contribution >= 4 is 64.1 Å². The normalized spacial score (nSPS) is 13.2. The molecule has 9 heteroatoms. The first-order chi connectivity index (χ1) is 30.9.